The predicted octanol–water partition coefficient (Wildman–Crippen LogP) is 2.10. The summed E-state index contributed by atoms with van der Waals surface area (Å²) in [5.74, 6) is 1.14. The molecule has 3 heterocycles. The lowest BCUT2D eigenvalue weighted by Gasteiger charge is -2.41. The Labute approximate surface area is 146 Å². The lowest BCUT2D eigenvalue weighted by Crippen LogP contribution is -2.56. The van der Waals surface area contributed by atoms with Gasteiger partial charge in [-0.2, -0.15) is 0 Å². The number of furan rings is 1. The van der Waals surface area contributed by atoms with Crippen molar-refractivity contribution in [2.75, 3.05) is 20.4 Å². The van der Waals surface area contributed by atoms with Crippen molar-refractivity contribution in [3.8, 4) is 0 Å². The maximum absolute atomic E-state index is 10.9. The van der Waals surface area contributed by atoms with Crippen LogP contribution >= 0.6 is 22.9 Å². The third-order valence-electron chi connectivity index (χ3n) is 3.41. The second-order valence-corrected chi connectivity index (χ2v) is 7.00. The normalized spacial score (nSPS) is 17.7. The van der Waals surface area contributed by atoms with Crippen LogP contribution in [0.15, 0.2) is 34.1 Å². The number of hydrogen-bond acceptors (Lipinski definition) is 6. The van der Waals surface area contributed by atoms with Crippen molar-refractivity contribution < 1.29 is 9.45 Å². The van der Waals surface area contributed by atoms with Gasteiger partial charge in [-0.3, -0.25) is 4.90 Å². The van der Waals surface area contributed by atoms with Gasteiger partial charge in [0.25, 0.3) is 5.96 Å². The number of hydrazone groups is 1. The summed E-state index contributed by atoms with van der Waals surface area (Å²) in [6.45, 7) is 2.03. The predicted molar refractivity (Wildman–Crippen MR) is 88.8 cm³/mol. The second kappa shape index (κ2) is 7.16. The summed E-state index contributed by atoms with van der Waals surface area (Å²) in [6.07, 6.45) is 3.29. The van der Waals surface area contributed by atoms with E-state index in [0.717, 1.165) is 10.6 Å². The average molecular weight is 371 g/mol. The van der Waals surface area contributed by atoms with Crippen molar-refractivity contribution in [3.63, 3.8) is 0 Å². The lowest BCUT2D eigenvalue weighted by molar-refractivity contribution is -0.486. The quantitative estimate of drug-likeness (QED) is 0.587. The molecule has 0 aromatic carbocycles. The number of guanidine groups is 1. The molecule has 9 nitrogen and oxygen atoms in total. The van der Waals surface area contributed by atoms with Gasteiger partial charge in [-0.15, -0.1) is 11.3 Å². The number of nitrogens with zero attached hydrogens (tertiary/aromatic N) is 6. The lowest BCUT2D eigenvalue weighted by atomic mass is 10.4. The molecule has 0 spiro atoms. The van der Waals surface area contributed by atoms with Crippen LogP contribution in [0.5, 0.6) is 0 Å². The summed E-state index contributed by atoms with van der Waals surface area (Å²) in [5, 5.41) is 13.7. The van der Waals surface area contributed by atoms with Crippen LogP contribution in [0.1, 0.15) is 10.6 Å². The molecule has 0 atom stereocenters. The Kier molecular flexibility index (Phi) is 4.97. The molecule has 0 aliphatic carbocycles. The number of hydrogen-bond donors (Lipinski definition) is 0. The van der Waals surface area contributed by atoms with Gasteiger partial charge >= 0.3 is 0 Å². The van der Waals surface area contributed by atoms with Gasteiger partial charge in [0.15, 0.2) is 9.50 Å². The Hall–Kier alpha value is -2.17. The number of thiazole rings is 1. The number of halogens is 1. The van der Waals surface area contributed by atoms with E-state index in [2.05, 4.69) is 15.0 Å². The van der Waals surface area contributed by atoms with Gasteiger partial charge in [0.05, 0.1) is 32.7 Å². The summed E-state index contributed by atoms with van der Waals surface area (Å²) < 4.78 is 5.82. The van der Waals surface area contributed by atoms with E-state index in [-0.39, 0.29) is 0 Å². The van der Waals surface area contributed by atoms with E-state index in [4.69, 9.17) is 16.0 Å². The molecule has 2 aromatic heterocycles. The van der Waals surface area contributed by atoms with Crippen LogP contribution in [0.25, 0.3) is 0 Å². The molecule has 0 saturated carbocycles. The fraction of sp³-hybridized carbons (Fsp3) is 0.385. The SMILES string of the molecule is CN1CN(Cc2ccco2)CN(Cc2cnc(Cl)s2)/C1=N/[N+](=O)[O-]. The van der Waals surface area contributed by atoms with Crippen LogP contribution in [-0.2, 0) is 13.1 Å². The highest BCUT2D eigenvalue weighted by Crippen LogP contribution is 2.22. The van der Waals surface area contributed by atoms with E-state index in [1.54, 1.807) is 24.4 Å². The third kappa shape index (κ3) is 4.02. The summed E-state index contributed by atoms with van der Waals surface area (Å²) in [5.41, 5.74) is 0. The topological polar surface area (TPSA) is 91.2 Å². The second-order valence-electron chi connectivity index (χ2n) is 5.30. The fourth-order valence-corrected chi connectivity index (χ4v) is 3.55. The Morgan fingerprint density at radius 3 is 2.96 bits per heavy atom. The first-order valence-corrected chi connectivity index (χ1v) is 8.24. The Morgan fingerprint density at radius 1 is 1.50 bits per heavy atom. The molecule has 24 heavy (non-hydrogen) atoms. The summed E-state index contributed by atoms with van der Waals surface area (Å²) in [7, 11) is 1.77. The first kappa shape index (κ1) is 16.7. The van der Waals surface area contributed by atoms with E-state index in [0.29, 0.717) is 36.9 Å². The summed E-state index contributed by atoms with van der Waals surface area (Å²) >= 11 is 7.21. The zero-order valence-electron chi connectivity index (χ0n) is 12.8. The van der Waals surface area contributed by atoms with Crippen LogP contribution in [0.2, 0.25) is 4.47 Å². The van der Waals surface area contributed by atoms with Gasteiger partial charge < -0.3 is 14.2 Å². The van der Waals surface area contributed by atoms with Crippen molar-refractivity contribution >= 4 is 28.9 Å². The Morgan fingerprint density at radius 2 is 2.33 bits per heavy atom. The van der Waals surface area contributed by atoms with Gasteiger partial charge in [0, 0.05) is 18.1 Å². The van der Waals surface area contributed by atoms with Gasteiger partial charge in [-0.25, -0.2) is 15.1 Å². The highest BCUT2D eigenvalue weighted by Gasteiger charge is 2.30. The molecular formula is C13H15ClN6O3S. The Balaban J connectivity index is 1.79. The molecule has 128 valence electrons. The molecule has 1 aliphatic heterocycles. The molecule has 1 saturated heterocycles. The summed E-state index contributed by atoms with van der Waals surface area (Å²) in [6, 6.07) is 3.73. The molecule has 0 amide bonds. The zero-order valence-corrected chi connectivity index (χ0v) is 14.4. The number of aromatic nitrogens is 1. The van der Waals surface area contributed by atoms with Crippen molar-refractivity contribution in [2.45, 2.75) is 13.1 Å². The summed E-state index contributed by atoms with van der Waals surface area (Å²) in [4.78, 5) is 21.4. The first-order chi connectivity index (χ1) is 11.5. The van der Waals surface area contributed by atoms with Crippen molar-refractivity contribution in [1.29, 1.82) is 0 Å². The van der Waals surface area contributed by atoms with Gasteiger partial charge in [-0.05, 0) is 12.1 Å². The highest BCUT2D eigenvalue weighted by molar-refractivity contribution is 7.15. The minimum atomic E-state index is -0.680. The van der Waals surface area contributed by atoms with E-state index in [1.165, 1.54) is 11.3 Å². The molecule has 1 fully saturated rings. The fourth-order valence-electron chi connectivity index (χ4n) is 2.56. The van der Waals surface area contributed by atoms with Crippen molar-refractivity contribution in [1.82, 2.24) is 19.7 Å². The van der Waals surface area contributed by atoms with E-state index < -0.39 is 5.03 Å². The minimum absolute atomic E-state index is 0.306. The van der Waals surface area contributed by atoms with E-state index in [9.17, 15) is 10.1 Å². The average Bonchev–Trinajstić information content (AvgIpc) is 3.14. The smallest absolute Gasteiger partial charge is 0.276 e. The van der Waals surface area contributed by atoms with E-state index >= 15 is 0 Å². The van der Waals surface area contributed by atoms with Crippen LogP contribution < -0.4 is 0 Å². The molecular weight excluding hydrogens is 356 g/mol. The standard InChI is InChI=1S/C13H15ClN6O3S/c1-17-8-18(6-10-3-2-4-23-10)9-19(13(17)16-20(21)22)7-11-5-15-12(14)24-11/h2-5H,6-9H2,1H3/b16-13+. The third-order valence-corrected chi connectivity index (χ3v) is 4.51. The van der Waals surface area contributed by atoms with Crippen LogP contribution in [-0.4, -0.2) is 51.1 Å². The molecule has 0 radical (unpaired) electrons. The Bertz CT molecular complexity index is 734. The zero-order chi connectivity index (χ0) is 17.1. The van der Waals surface area contributed by atoms with Gasteiger partial charge in [0.2, 0.25) is 0 Å². The molecule has 1 aliphatic rings. The largest absolute Gasteiger partial charge is 0.468 e. The first-order valence-electron chi connectivity index (χ1n) is 7.05. The highest BCUT2D eigenvalue weighted by atomic mass is 35.5. The maximum Gasteiger partial charge on any atom is 0.276 e. The van der Waals surface area contributed by atoms with E-state index in [1.807, 2.05) is 17.0 Å². The molecule has 3 rings (SSSR count). The van der Waals surface area contributed by atoms with Crippen LogP contribution in [0.4, 0.5) is 0 Å². The van der Waals surface area contributed by atoms with Gasteiger partial charge in [0.1, 0.15) is 10.9 Å². The number of rotatable bonds is 5. The van der Waals surface area contributed by atoms with Crippen molar-refractivity contribution in [3.05, 3.63) is 49.8 Å². The monoisotopic (exact) mass is 370 g/mol. The van der Waals surface area contributed by atoms with Crippen LogP contribution in [0.3, 0.4) is 0 Å². The number of nitro groups is 1. The van der Waals surface area contributed by atoms with Crippen LogP contribution in [0, 0.1) is 10.1 Å². The molecule has 0 bridgehead atoms. The molecule has 0 unspecified atom stereocenters. The minimum Gasteiger partial charge on any atom is -0.468 e. The van der Waals surface area contributed by atoms with Crippen molar-refractivity contribution in [2.24, 2.45) is 5.10 Å². The molecule has 11 heteroatoms. The van der Waals surface area contributed by atoms with Gasteiger partial charge in [-0.1, -0.05) is 11.6 Å². The molecule has 2 aromatic rings. The maximum atomic E-state index is 10.9. The molecule has 0 N–H and O–H groups in total.